The van der Waals surface area contributed by atoms with Gasteiger partial charge < -0.3 is 5.32 Å². The number of nitrogens with one attached hydrogen (secondary N) is 1. The Hall–Kier alpha value is -0.540. The van der Waals surface area contributed by atoms with E-state index in [0.717, 1.165) is 18.7 Å². The summed E-state index contributed by atoms with van der Waals surface area (Å²) in [6.07, 6.45) is 0. The molecule has 0 amide bonds. The van der Waals surface area contributed by atoms with Gasteiger partial charge in [-0.15, -0.1) is 0 Å². The monoisotopic (exact) mass is 271 g/mol. The average Bonchev–Trinajstić information content (AvgIpc) is 2.76. The average molecular weight is 272 g/mol. The molecule has 0 saturated heterocycles. The minimum Gasteiger partial charge on any atom is -0.309 e. The van der Waals surface area contributed by atoms with Gasteiger partial charge in [0.05, 0.1) is 10.0 Å². The third kappa shape index (κ3) is 3.22. The molecule has 1 N–H and O–H groups in total. The predicted octanol–water partition coefficient (Wildman–Crippen LogP) is 4.34. The van der Waals surface area contributed by atoms with Crippen molar-refractivity contribution in [2.24, 2.45) is 0 Å². The topological polar surface area (TPSA) is 12.0 Å². The van der Waals surface area contributed by atoms with Crippen LogP contribution in [0.5, 0.6) is 0 Å². The Labute approximate surface area is 109 Å². The van der Waals surface area contributed by atoms with Crippen LogP contribution in [0, 0.1) is 0 Å². The molecule has 1 nitrogen and oxygen atoms in total. The molecular formula is C12H11Cl2NS. The Bertz CT molecular complexity index is 454. The maximum Gasteiger partial charge on any atom is 0.0595 e. The molecule has 0 bridgehead atoms. The van der Waals surface area contributed by atoms with Gasteiger partial charge in [-0.3, -0.25) is 0 Å². The van der Waals surface area contributed by atoms with Crippen LogP contribution in [0.2, 0.25) is 10.0 Å². The maximum absolute atomic E-state index is 5.93. The van der Waals surface area contributed by atoms with Crippen molar-refractivity contribution < 1.29 is 0 Å². The number of hydrogen-bond acceptors (Lipinski definition) is 2. The van der Waals surface area contributed by atoms with Gasteiger partial charge in [-0.2, -0.15) is 11.3 Å². The summed E-state index contributed by atoms with van der Waals surface area (Å²) in [5, 5.41) is 8.78. The summed E-state index contributed by atoms with van der Waals surface area (Å²) in [6, 6.07) is 7.82. The SMILES string of the molecule is Clc1ccc(CNCc2ccsc2)cc1Cl. The lowest BCUT2D eigenvalue weighted by Crippen LogP contribution is -2.11. The number of benzene rings is 1. The Morgan fingerprint density at radius 1 is 1.00 bits per heavy atom. The zero-order valence-corrected chi connectivity index (χ0v) is 10.9. The van der Waals surface area contributed by atoms with E-state index in [1.807, 2.05) is 18.2 Å². The second kappa shape index (κ2) is 5.69. The molecule has 0 radical (unpaired) electrons. The molecule has 4 heteroatoms. The Morgan fingerprint density at radius 2 is 1.81 bits per heavy atom. The van der Waals surface area contributed by atoms with Crippen LogP contribution in [-0.2, 0) is 13.1 Å². The molecule has 0 saturated carbocycles. The van der Waals surface area contributed by atoms with Crippen molar-refractivity contribution in [3.8, 4) is 0 Å². The molecule has 0 spiro atoms. The molecule has 1 aromatic heterocycles. The van der Waals surface area contributed by atoms with Crippen molar-refractivity contribution in [1.82, 2.24) is 5.32 Å². The Kier molecular flexibility index (Phi) is 4.24. The van der Waals surface area contributed by atoms with E-state index < -0.39 is 0 Å². The van der Waals surface area contributed by atoms with Gasteiger partial charge >= 0.3 is 0 Å². The lowest BCUT2D eigenvalue weighted by atomic mass is 10.2. The molecule has 0 aliphatic heterocycles. The van der Waals surface area contributed by atoms with Crippen molar-refractivity contribution >= 4 is 34.5 Å². The Balaban J connectivity index is 1.87. The van der Waals surface area contributed by atoms with Gasteiger partial charge in [0, 0.05) is 13.1 Å². The second-order valence-corrected chi connectivity index (χ2v) is 5.08. The number of rotatable bonds is 4. The highest BCUT2D eigenvalue weighted by Crippen LogP contribution is 2.22. The lowest BCUT2D eigenvalue weighted by molar-refractivity contribution is 0.695. The molecular weight excluding hydrogens is 261 g/mol. The van der Waals surface area contributed by atoms with Gasteiger partial charge in [0.2, 0.25) is 0 Å². The van der Waals surface area contributed by atoms with Crippen LogP contribution < -0.4 is 5.32 Å². The molecule has 84 valence electrons. The van der Waals surface area contributed by atoms with Crippen LogP contribution in [0.15, 0.2) is 35.0 Å². The van der Waals surface area contributed by atoms with E-state index in [0.29, 0.717) is 10.0 Å². The summed E-state index contributed by atoms with van der Waals surface area (Å²) in [7, 11) is 0. The largest absolute Gasteiger partial charge is 0.309 e. The van der Waals surface area contributed by atoms with Crippen LogP contribution >= 0.6 is 34.5 Å². The van der Waals surface area contributed by atoms with Crippen molar-refractivity contribution in [3.63, 3.8) is 0 Å². The molecule has 0 aliphatic rings. The van der Waals surface area contributed by atoms with Gasteiger partial charge in [0.1, 0.15) is 0 Å². The highest BCUT2D eigenvalue weighted by atomic mass is 35.5. The highest BCUT2D eigenvalue weighted by Gasteiger charge is 1.99. The van der Waals surface area contributed by atoms with E-state index in [1.54, 1.807) is 11.3 Å². The molecule has 1 aromatic carbocycles. The fraction of sp³-hybridized carbons (Fsp3) is 0.167. The van der Waals surface area contributed by atoms with Crippen molar-refractivity contribution in [2.45, 2.75) is 13.1 Å². The van der Waals surface area contributed by atoms with Gasteiger partial charge in [-0.1, -0.05) is 29.3 Å². The Morgan fingerprint density at radius 3 is 2.50 bits per heavy atom. The van der Waals surface area contributed by atoms with E-state index >= 15 is 0 Å². The number of thiophene rings is 1. The first-order chi connectivity index (χ1) is 7.75. The number of hydrogen-bond donors (Lipinski definition) is 1. The van der Waals surface area contributed by atoms with Crippen LogP contribution in [0.3, 0.4) is 0 Å². The van der Waals surface area contributed by atoms with Crippen LogP contribution in [-0.4, -0.2) is 0 Å². The molecule has 0 atom stereocenters. The predicted molar refractivity (Wildman–Crippen MR) is 71.3 cm³/mol. The molecule has 2 rings (SSSR count). The van der Waals surface area contributed by atoms with E-state index in [1.165, 1.54) is 5.56 Å². The molecule has 0 unspecified atom stereocenters. The third-order valence-corrected chi connectivity index (χ3v) is 3.69. The van der Waals surface area contributed by atoms with E-state index in [2.05, 4.69) is 22.1 Å². The number of halogens is 2. The van der Waals surface area contributed by atoms with Crippen molar-refractivity contribution in [1.29, 1.82) is 0 Å². The molecule has 1 heterocycles. The second-order valence-electron chi connectivity index (χ2n) is 3.48. The molecule has 16 heavy (non-hydrogen) atoms. The fourth-order valence-corrected chi connectivity index (χ4v) is 2.38. The first kappa shape index (κ1) is 11.9. The molecule has 0 fully saturated rings. The van der Waals surface area contributed by atoms with Crippen LogP contribution in [0.1, 0.15) is 11.1 Å². The summed E-state index contributed by atoms with van der Waals surface area (Å²) in [5.41, 5.74) is 2.45. The summed E-state index contributed by atoms with van der Waals surface area (Å²) in [5.74, 6) is 0. The molecule has 2 aromatic rings. The quantitative estimate of drug-likeness (QED) is 0.872. The van der Waals surface area contributed by atoms with E-state index in [9.17, 15) is 0 Å². The van der Waals surface area contributed by atoms with Crippen LogP contribution in [0.4, 0.5) is 0 Å². The van der Waals surface area contributed by atoms with E-state index in [-0.39, 0.29) is 0 Å². The van der Waals surface area contributed by atoms with E-state index in [4.69, 9.17) is 23.2 Å². The first-order valence-corrected chi connectivity index (χ1v) is 6.61. The van der Waals surface area contributed by atoms with Gasteiger partial charge in [0.15, 0.2) is 0 Å². The summed E-state index contributed by atoms with van der Waals surface area (Å²) in [4.78, 5) is 0. The van der Waals surface area contributed by atoms with Gasteiger partial charge in [-0.25, -0.2) is 0 Å². The maximum atomic E-state index is 5.93. The third-order valence-electron chi connectivity index (χ3n) is 2.22. The highest BCUT2D eigenvalue weighted by molar-refractivity contribution is 7.07. The fourth-order valence-electron chi connectivity index (χ4n) is 1.39. The van der Waals surface area contributed by atoms with Gasteiger partial charge in [-0.05, 0) is 40.1 Å². The normalized spacial score (nSPS) is 10.6. The summed E-state index contributed by atoms with van der Waals surface area (Å²) in [6.45, 7) is 1.68. The van der Waals surface area contributed by atoms with Crippen LogP contribution in [0.25, 0.3) is 0 Å². The summed E-state index contributed by atoms with van der Waals surface area (Å²) >= 11 is 13.5. The van der Waals surface area contributed by atoms with Crippen molar-refractivity contribution in [3.05, 3.63) is 56.2 Å². The zero-order valence-electron chi connectivity index (χ0n) is 8.54. The van der Waals surface area contributed by atoms with Gasteiger partial charge in [0.25, 0.3) is 0 Å². The zero-order chi connectivity index (χ0) is 11.4. The van der Waals surface area contributed by atoms with Crippen molar-refractivity contribution in [2.75, 3.05) is 0 Å². The lowest BCUT2D eigenvalue weighted by Gasteiger charge is -2.04. The smallest absolute Gasteiger partial charge is 0.0595 e. The molecule has 0 aliphatic carbocycles. The standard InChI is InChI=1S/C12H11Cl2NS/c13-11-2-1-9(5-12(11)14)6-15-7-10-3-4-16-8-10/h1-5,8,15H,6-7H2. The first-order valence-electron chi connectivity index (χ1n) is 4.91. The minimum absolute atomic E-state index is 0.600. The summed E-state index contributed by atoms with van der Waals surface area (Å²) < 4.78 is 0. The minimum atomic E-state index is 0.600.